The highest BCUT2D eigenvalue weighted by Gasteiger charge is 2.07. The van der Waals surface area contributed by atoms with E-state index in [-0.39, 0.29) is 0 Å². The molecule has 1 heterocycles. The Morgan fingerprint density at radius 1 is 1.53 bits per heavy atom. The van der Waals surface area contributed by atoms with E-state index in [0.717, 1.165) is 0 Å². The monoisotopic (exact) mass is 204 g/mol. The van der Waals surface area contributed by atoms with Crippen LogP contribution < -0.4 is 5.76 Å². The van der Waals surface area contributed by atoms with Crippen molar-refractivity contribution in [1.29, 1.82) is 0 Å². The number of aliphatic imine (C=N–C) groups is 1. The summed E-state index contributed by atoms with van der Waals surface area (Å²) < 4.78 is 6.50. The molecule has 0 amide bonds. The SMILES string of the molecule is CCn1c(=O)oc2cc(N=C=O)ccc21. The van der Waals surface area contributed by atoms with Crippen molar-refractivity contribution < 1.29 is 9.21 Å². The number of hydrogen-bond acceptors (Lipinski definition) is 4. The van der Waals surface area contributed by atoms with Crippen LogP contribution in [0.2, 0.25) is 0 Å². The van der Waals surface area contributed by atoms with E-state index in [2.05, 4.69) is 4.99 Å². The van der Waals surface area contributed by atoms with Crippen LogP contribution in [0.5, 0.6) is 0 Å². The van der Waals surface area contributed by atoms with Gasteiger partial charge in [-0.2, -0.15) is 4.99 Å². The molecule has 0 spiro atoms. The Kier molecular flexibility index (Phi) is 2.23. The van der Waals surface area contributed by atoms with Gasteiger partial charge < -0.3 is 4.42 Å². The Morgan fingerprint density at radius 2 is 2.33 bits per heavy atom. The zero-order valence-electron chi connectivity index (χ0n) is 8.06. The van der Waals surface area contributed by atoms with Crippen molar-refractivity contribution in [1.82, 2.24) is 4.57 Å². The minimum absolute atomic E-state index is 0.403. The molecule has 0 saturated carbocycles. The van der Waals surface area contributed by atoms with Crippen LogP contribution in [0.4, 0.5) is 5.69 Å². The van der Waals surface area contributed by atoms with Crippen molar-refractivity contribution in [2.75, 3.05) is 0 Å². The third kappa shape index (κ3) is 1.49. The average molecular weight is 204 g/mol. The van der Waals surface area contributed by atoms with Crippen molar-refractivity contribution in [2.45, 2.75) is 13.5 Å². The number of oxazole rings is 1. The Bertz CT molecular complexity index is 603. The summed E-state index contributed by atoms with van der Waals surface area (Å²) in [6, 6.07) is 4.86. The molecule has 0 N–H and O–H groups in total. The van der Waals surface area contributed by atoms with E-state index in [9.17, 15) is 9.59 Å². The maximum absolute atomic E-state index is 11.3. The number of isocyanates is 1. The molecule has 5 heteroatoms. The third-order valence-corrected chi connectivity index (χ3v) is 2.14. The number of aryl methyl sites for hydroxylation is 1. The first-order valence-electron chi connectivity index (χ1n) is 4.47. The van der Waals surface area contributed by atoms with Gasteiger partial charge in [0.1, 0.15) is 0 Å². The molecule has 5 nitrogen and oxygen atoms in total. The maximum atomic E-state index is 11.3. The summed E-state index contributed by atoms with van der Waals surface area (Å²) >= 11 is 0. The van der Waals surface area contributed by atoms with Crippen LogP contribution in [0, 0.1) is 0 Å². The van der Waals surface area contributed by atoms with Gasteiger partial charge in [0.05, 0.1) is 11.2 Å². The van der Waals surface area contributed by atoms with E-state index in [0.29, 0.717) is 23.3 Å². The topological polar surface area (TPSA) is 64.6 Å². The third-order valence-electron chi connectivity index (χ3n) is 2.14. The normalized spacial score (nSPS) is 10.2. The van der Waals surface area contributed by atoms with Crippen LogP contribution in [0.1, 0.15) is 6.92 Å². The fourth-order valence-corrected chi connectivity index (χ4v) is 1.48. The minimum Gasteiger partial charge on any atom is -0.408 e. The second-order valence-electron chi connectivity index (χ2n) is 2.97. The van der Waals surface area contributed by atoms with Crippen molar-refractivity contribution in [3.63, 3.8) is 0 Å². The molecule has 15 heavy (non-hydrogen) atoms. The molecule has 0 fully saturated rings. The zero-order chi connectivity index (χ0) is 10.8. The summed E-state index contributed by atoms with van der Waals surface area (Å²) in [6.45, 7) is 2.40. The number of fused-ring (bicyclic) bond motifs is 1. The number of aromatic nitrogens is 1. The molecule has 0 aliphatic carbocycles. The van der Waals surface area contributed by atoms with Gasteiger partial charge in [-0.1, -0.05) is 0 Å². The van der Waals surface area contributed by atoms with Crippen LogP contribution in [0.15, 0.2) is 32.4 Å². The van der Waals surface area contributed by atoms with Gasteiger partial charge in [-0.3, -0.25) is 4.57 Å². The molecule has 1 aromatic carbocycles. The smallest absolute Gasteiger partial charge is 0.408 e. The molecule has 0 aliphatic heterocycles. The minimum atomic E-state index is -0.403. The first-order valence-corrected chi connectivity index (χ1v) is 4.47. The molecule has 0 saturated heterocycles. The lowest BCUT2D eigenvalue weighted by Gasteiger charge is -1.95. The first kappa shape index (κ1) is 9.43. The molecule has 0 unspecified atom stereocenters. The van der Waals surface area contributed by atoms with Crippen LogP contribution in [-0.4, -0.2) is 10.6 Å². The number of nitrogens with zero attached hydrogens (tertiary/aromatic N) is 2. The number of rotatable bonds is 2. The Balaban J connectivity index is 2.74. The molecule has 0 atom stereocenters. The Morgan fingerprint density at radius 3 is 3.00 bits per heavy atom. The Hall–Kier alpha value is -2.13. The summed E-state index contributed by atoms with van der Waals surface area (Å²) in [4.78, 5) is 24.8. The molecular weight excluding hydrogens is 196 g/mol. The van der Waals surface area contributed by atoms with E-state index in [4.69, 9.17) is 4.42 Å². The van der Waals surface area contributed by atoms with Gasteiger partial charge in [-0.25, -0.2) is 9.59 Å². The highest BCUT2D eigenvalue weighted by atomic mass is 16.4. The van der Waals surface area contributed by atoms with Crippen LogP contribution in [0.3, 0.4) is 0 Å². The van der Waals surface area contributed by atoms with Gasteiger partial charge in [0.15, 0.2) is 5.58 Å². The molecule has 2 aromatic rings. The van der Waals surface area contributed by atoms with Gasteiger partial charge in [0.2, 0.25) is 6.08 Å². The van der Waals surface area contributed by atoms with Crippen molar-refractivity contribution in [3.05, 3.63) is 28.7 Å². The van der Waals surface area contributed by atoms with Crippen LogP contribution in [-0.2, 0) is 11.3 Å². The second-order valence-corrected chi connectivity index (χ2v) is 2.97. The molecule has 76 valence electrons. The van der Waals surface area contributed by atoms with Crippen molar-refractivity contribution >= 4 is 22.9 Å². The molecule has 2 rings (SSSR count). The predicted octanol–water partition coefficient (Wildman–Crippen LogP) is 1.58. The summed E-state index contributed by atoms with van der Waals surface area (Å²) in [5, 5.41) is 0. The highest BCUT2D eigenvalue weighted by Crippen LogP contribution is 2.19. The van der Waals surface area contributed by atoms with E-state index < -0.39 is 5.76 Å². The molecule has 0 bridgehead atoms. The van der Waals surface area contributed by atoms with E-state index >= 15 is 0 Å². The molecular formula is C10H8N2O3. The van der Waals surface area contributed by atoms with E-state index in [1.165, 1.54) is 16.7 Å². The van der Waals surface area contributed by atoms with Gasteiger partial charge in [-0.05, 0) is 19.1 Å². The summed E-state index contributed by atoms with van der Waals surface area (Å²) in [6.07, 6.45) is 1.43. The predicted molar refractivity (Wildman–Crippen MR) is 53.9 cm³/mol. The standard InChI is InChI=1S/C10H8N2O3/c1-2-12-8-4-3-7(11-6-13)5-9(8)15-10(12)14/h3-5H,2H2,1H3. The summed E-state index contributed by atoms with van der Waals surface area (Å²) in [5.74, 6) is -0.403. The zero-order valence-corrected chi connectivity index (χ0v) is 8.06. The van der Waals surface area contributed by atoms with Crippen molar-refractivity contribution in [2.24, 2.45) is 4.99 Å². The lowest BCUT2D eigenvalue weighted by molar-refractivity contribution is 0.513. The highest BCUT2D eigenvalue weighted by molar-refractivity contribution is 5.77. The number of carbonyl (C=O) groups excluding carboxylic acids is 1. The van der Waals surface area contributed by atoms with Crippen molar-refractivity contribution in [3.8, 4) is 0 Å². The molecule has 0 aliphatic rings. The molecule has 0 radical (unpaired) electrons. The van der Waals surface area contributed by atoms with Gasteiger partial charge in [0, 0.05) is 12.6 Å². The molecule has 1 aromatic heterocycles. The number of benzene rings is 1. The lowest BCUT2D eigenvalue weighted by atomic mass is 10.3. The second kappa shape index (κ2) is 3.55. The van der Waals surface area contributed by atoms with Gasteiger partial charge >= 0.3 is 5.76 Å². The number of hydrogen-bond donors (Lipinski definition) is 0. The first-order chi connectivity index (χ1) is 7.26. The van der Waals surface area contributed by atoms with Gasteiger partial charge in [-0.15, -0.1) is 0 Å². The summed E-state index contributed by atoms with van der Waals surface area (Å²) in [7, 11) is 0. The van der Waals surface area contributed by atoms with Gasteiger partial charge in [0.25, 0.3) is 0 Å². The average Bonchev–Trinajstić information content (AvgIpc) is 2.53. The quantitative estimate of drug-likeness (QED) is 0.551. The Labute approximate surface area is 84.7 Å². The van der Waals surface area contributed by atoms with Crippen LogP contribution in [0.25, 0.3) is 11.1 Å². The fraction of sp³-hybridized carbons (Fsp3) is 0.200. The van der Waals surface area contributed by atoms with E-state index in [1.807, 2.05) is 6.92 Å². The largest absolute Gasteiger partial charge is 0.419 e. The summed E-state index contributed by atoms with van der Waals surface area (Å²) in [5.41, 5.74) is 1.56. The van der Waals surface area contributed by atoms with Crippen LogP contribution >= 0.6 is 0 Å². The maximum Gasteiger partial charge on any atom is 0.419 e. The lowest BCUT2D eigenvalue weighted by Crippen LogP contribution is -2.11. The van der Waals surface area contributed by atoms with E-state index in [1.54, 1.807) is 12.1 Å². The fourth-order valence-electron chi connectivity index (χ4n) is 1.48.